The molecule has 1 aromatic rings. The second kappa shape index (κ2) is 6.35. The molecule has 5 heteroatoms. The molecule has 1 aliphatic rings. The molecule has 1 saturated heterocycles. The lowest BCUT2D eigenvalue weighted by Gasteiger charge is -2.25. The SMILES string of the molecule is CCC(C)C(=O)C1CCCN1C(=O)c1cc(Cl)ccn1. The van der Waals surface area contributed by atoms with Gasteiger partial charge in [0.25, 0.3) is 5.91 Å². The van der Waals surface area contributed by atoms with Crippen LogP contribution in [0.5, 0.6) is 0 Å². The van der Waals surface area contributed by atoms with Crippen LogP contribution in [0, 0.1) is 5.92 Å². The number of likely N-dealkylation sites (tertiary alicyclic amines) is 1. The van der Waals surface area contributed by atoms with Crippen LogP contribution in [0.4, 0.5) is 0 Å². The highest BCUT2D eigenvalue weighted by atomic mass is 35.5. The second-order valence-corrected chi connectivity index (χ2v) is 5.66. The minimum atomic E-state index is -0.307. The zero-order chi connectivity index (χ0) is 14.7. The average molecular weight is 295 g/mol. The van der Waals surface area contributed by atoms with E-state index in [-0.39, 0.29) is 23.7 Å². The molecule has 0 bridgehead atoms. The number of rotatable bonds is 4. The number of hydrogen-bond acceptors (Lipinski definition) is 3. The molecule has 2 unspecified atom stereocenters. The summed E-state index contributed by atoms with van der Waals surface area (Å²) in [6.45, 7) is 4.52. The molecule has 0 N–H and O–H groups in total. The number of amides is 1. The average Bonchev–Trinajstić information content (AvgIpc) is 2.94. The minimum absolute atomic E-state index is 0.0132. The lowest BCUT2D eigenvalue weighted by atomic mass is 9.96. The van der Waals surface area contributed by atoms with E-state index in [1.807, 2.05) is 13.8 Å². The highest BCUT2D eigenvalue weighted by molar-refractivity contribution is 6.30. The summed E-state index contributed by atoms with van der Waals surface area (Å²) in [6, 6.07) is 2.87. The fraction of sp³-hybridized carbons (Fsp3) is 0.533. The van der Waals surface area contributed by atoms with E-state index in [9.17, 15) is 9.59 Å². The van der Waals surface area contributed by atoms with Crippen LogP contribution in [0.3, 0.4) is 0 Å². The van der Waals surface area contributed by atoms with Crippen molar-refractivity contribution in [3.05, 3.63) is 29.0 Å². The van der Waals surface area contributed by atoms with Gasteiger partial charge in [-0.2, -0.15) is 0 Å². The van der Waals surface area contributed by atoms with E-state index < -0.39 is 0 Å². The molecule has 1 fully saturated rings. The number of halogens is 1. The number of aromatic nitrogens is 1. The standard InChI is InChI=1S/C15H19ClN2O2/c1-3-10(2)14(19)13-5-4-8-18(13)15(20)12-9-11(16)6-7-17-12/h6-7,9-10,13H,3-5,8H2,1-2H3. The molecule has 1 amide bonds. The molecule has 4 nitrogen and oxygen atoms in total. The fourth-order valence-electron chi connectivity index (χ4n) is 2.50. The molecule has 108 valence electrons. The summed E-state index contributed by atoms with van der Waals surface area (Å²) in [7, 11) is 0. The predicted octanol–water partition coefficient (Wildman–Crippen LogP) is 2.95. The smallest absolute Gasteiger partial charge is 0.273 e. The van der Waals surface area contributed by atoms with Crippen LogP contribution >= 0.6 is 11.6 Å². The number of Topliss-reactive ketones (excluding diaryl/α,β-unsaturated/α-hetero) is 1. The Bertz CT molecular complexity index is 518. The maximum atomic E-state index is 12.5. The normalized spacial score (nSPS) is 19.9. The van der Waals surface area contributed by atoms with Gasteiger partial charge in [-0.3, -0.25) is 14.6 Å². The largest absolute Gasteiger partial charge is 0.327 e. The van der Waals surface area contributed by atoms with Crippen molar-refractivity contribution in [2.24, 2.45) is 5.92 Å². The molecule has 2 rings (SSSR count). The third kappa shape index (κ3) is 3.01. The van der Waals surface area contributed by atoms with Gasteiger partial charge < -0.3 is 4.90 Å². The molecule has 1 aromatic heterocycles. The van der Waals surface area contributed by atoms with E-state index in [1.54, 1.807) is 17.0 Å². The van der Waals surface area contributed by atoms with E-state index in [1.165, 1.54) is 6.20 Å². The summed E-state index contributed by atoms with van der Waals surface area (Å²) in [5.41, 5.74) is 0.307. The molecule has 2 atom stereocenters. The first-order chi connectivity index (χ1) is 9.54. The Hall–Kier alpha value is -1.42. The van der Waals surface area contributed by atoms with E-state index in [0.717, 1.165) is 19.3 Å². The first kappa shape index (κ1) is 15.0. The van der Waals surface area contributed by atoms with Crippen molar-refractivity contribution < 1.29 is 9.59 Å². The summed E-state index contributed by atoms with van der Waals surface area (Å²) in [4.78, 5) is 30.5. The van der Waals surface area contributed by atoms with Crippen LogP contribution in [-0.2, 0) is 4.79 Å². The Labute approximate surface area is 124 Å². The van der Waals surface area contributed by atoms with E-state index in [2.05, 4.69) is 4.98 Å². The third-order valence-corrected chi connectivity index (χ3v) is 4.12. The molecule has 0 spiro atoms. The quantitative estimate of drug-likeness (QED) is 0.858. The van der Waals surface area contributed by atoms with Gasteiger partial charge in [-0.15, -0.1) is 0 Å². The molecule has 1 aliphatic heterocycles. The highest BCUT2D eigenvalue weighted by Crippen LogP contribution is 2.24. The number of carbonyl (C=O) groups is 2. The Morgan fingerprint density at radius 3 is 2.95 bits per heavy atom. The van der Waals surface area contributed by atoms with Crippen molar-refractivity contribution in [1.82, 2.24) is 9.88 Å². The number of ketones is 1. The van der Waals surface area contributed by atoms with Crippen LogP contribution in [0.15, 0.2) is 18.3 Å². The maximum absolute atomic E-state index is 12.5. The topological polar surface area (TPSA) is 50.3 Å². The summed E-state index contributed by atoms with van der Waals surface area (Å²) < 4.78 is 0. The molecular weight excluding hydrogens is 276 g/mol. The van der Waals surface area contributed by atoms with Crippen LogP contribution in [0.25, 0.3) is 0 Å². The van der Waals surface area contributed by atoms with Crippen LogP contribution in [-0.4, -0.2) is 34.2 Å². The second-order valence-electron chi connectivity index (χ2n) is 5.23. The summed E-state index contributed by atoms with van der Waals surface area (Å²) in [5.74, 6) is -0.0623. The predicted molar refractivity (Wildman–Crippen MR) is 77.8 cm³/mol. The van der Waals surface area contributed by atoms with Crippen molar-refractivity contribution in [1.29, 1.82) is 0 Å². The highest BCUT2D eigenvalue weighted by Gasteiger charge is 2.36. The van der Waals surface area contributed by atoms with Gasteiger partial charge in [-0.05, 0) is 31.4 Å². The summed E-state index contributed by atoms with van der Waals surface area (Å²) in [6.07, 6.45) is 3.92. The molecule has 0 saturated carbocycles. The van der Waals surface area contributed by atoms with E-state index in [0.29, 0.717) is 17.3 Å². The molecule has 20 heavy (non-hydrogen) atoms. The Kier molecular flexibility index (Phi) is 4.76. The van der Waals surface area contributed by atoms with E-state index >= 15 is 0 Å². The number of nitrogens with zero attached hydrogens (tertiary/aromatic N) is 2. The Morgan fingerprint density at radius 2 is 2.30 bits per heavy atom. The van der Waals surface area contributed by atoms with Gasteiger partial charge in [0, 0.05) is 23.7 Å². The van der Waals surface area contributed by atoms with Gasteiger partial charge in [-0.1, -0.05) is 25.4 Å². The summed E-state index contributed by atoms with van der Waals surface area (Å²) >= 11 is 5.89. The lowest BCUT2D eigenvalue weighted by Crippen LogP contribution is -2.42. The van der Waals surface area contributed by atoms with Gasteiger partial charge in [0.05, 0.1) is 6.04 Å². The molecule has 2 heterocycles. The zero-order valence-corrected chi connectivity index (χ0v) is 12.6. The molecule has 0 aromatic carbocycles. The first-order valence-electron chi connectivity index (χ1n) is 7.00. The van der Waals surface area contributed by atoms with Crippen molar-refractivity contribution >= 4 is 23.3 Å². The van der Waals surface area contributed by atoms with Gasteiger partial charge >= 0.3 is 0 Å². The van der Waals surface area contributed by atoms with Crippen molar-refractivity contribution in [2.75, 3.05) is 6.54 Å². The van der Waals surface area contributed by atoms with Gasteiger partial charge in [0.1, 0.15) is 5.69 Å². The number of pyridine rings is 1. The Morgan fingerprint density at radius 1 is 1.55 bits per heavy atom. The fourth-order valence-corrected chi connectivity index (χ4v) is 2.66. The monoisotopic (exact) mass is 294 g/mol. The number of hydrogen-bond donors (Lipinski definition) is 0. The van der Waals surface area contributed by atoms with E-state index in [4.69, 9.17) is 11.6 Å². The Balaban J connectivity index is 2.18. The summed E-state index contributed by atoms with van der Waals surface area (Å²) in [5, 5.41) is 0.479. The van der Waals surface area contributed by atoms with Crippen molar-refractivity contribution in [3.63, 3.8) is 0 Å². The molecule has 0 aliphatic carbocycles. The van der Waals surface area contributed by atoms with Crippen LogP contribution in [0.1, 0.15) is 43.6 Å². The van der Waals surface area contributed by atoms with Crippen LogP contribution < -0.4 is 0 Å². The van der Waals surface area contributed by atoms with Gasteiger partial charge in [0.15, 0.2) is 5.78 Å². The maximum Gasteiger partial charge on any atom is 0.273 e. The van der Waals surface area contributed by atoms with Crippen molar-refractivity contribution in [3.8, 4) is 0 Å². The number of carbonyl (C=O) groups excluding carboxylic acids is 2. The van der Waals surface area contributed by atoms with Crippen molar-refractivity contribution in [2.45, 2.75) is 39.2 Å². The van der Waals surface area contributed by atoms with Gasteiger partial charge in [0.2, 0.25) is 0 Å². The minimum Gasteiger partial charge on any atom is -0.327 e. The van der Waals surface area contributed by atoms with Crippen LogP contribution in [0.2, 0.25) is 5.02 Å². The lowest BCUT2D eigenvalue weighted by molar-refractivity contribution is -0.126. The first-order valence-corrected chi connectivity index (χ1v) is 7.38. The zero-order valence-electron chi connectivity index (χ0n) is 11.8. The third-order valence-electron chi connectivity index (χ3n) is 3.88. The molecule has 0 radical (unpaired) electrons. The molecular formula is C15H19ClN2O2. The van der Waals surface area contributed by atoms with Gasteiger partial charge in [-0.25, -0.2) is 0 Å².